The first kappa shape index (κ1) is 15.7. The SMILES string of the molecule is O=C(CC1=NC[C@@H]2c3ccccc3CCN2C1=O)c1ccc(F)cc1. The van der Waals surface area contributed by atoms with Crippen LogP contribution in [-0.4, -0.2) is 35.4 Å². The van der Waals surface area contributed by atoms with Crippen molar-refractivity contribution in [1.82, 2.24) is 4.90 Å². The smallest absolute Gasteiger partial charge is 0.268 e. The first-order chi connectivity index (χ1) is 12.1. The summed E-state index contributed by atoms with van der Waals surface area (Å²) in [7, 11) is 0. The molecule has 0 aromatic heterocycles. The number of halogens is 1. The van der Waals surface area contributed by atoms with Crippen LogP contribution in [0.2, 0.25) is 0 Å². The van der Waals surface area contributed by atoms with Crippen molar-refractivity contribution in [3.05, 3.63) is 71.0 Å². The van der Waals surface area contributed by atoms with Crippen molar-refractivity contribution in [2.75, 3.05) is 13.1 Å². The Morgan fingerprint density at radius 3 is 2.72 bits per heavy atom. The summed E-state index contributed by atoms with van der Waals surface area (Å²) in [5.74, 6) is -0.776. The Morgan fingerprint density at radius 1 is 1.16 bits per heavy atom. The molecule has 1 atom stereocenters. The Hall–Kier alpha value is -2.82. The lowest BCUT2D eigenvalue weighted by molar-refractivity contribution is -0.127. The molecule has 1 amide bonds. The van der Waals surface area contributed by atoms with Gasteiger partial charge in [0.25, 0.3) is 5.91 Å². The molecule has 0 unspecified atom stereocenters. The van der Waals surface area contributed by atoms with Crippen LogP contribution in [0.15, 0.2) is 53.5 Å². The van der Waals surface area contributed by atoms with E-state index >= 15 is 0 Å². The predicted octanol–water partition coefficient (Wildman–Crippen LogP) is 2.98. The number of ketones is 1. The summed E-state index contributed by atoms with van der Waals surface area (Å²) in [6, 6.07) is 13.4. The Labute approximate surface area is 145 Å². The van der Waals surface area contributed by atoms with E-state index in [4.69, 9.17) is 0 Å². The standard InChI is InChI=1S/C20H17FN2O2/c21-15-7-5-14(6-8-15)19(24)11-17-20(25)23-10-9-13-3-1-2-4-16(13)18(23)12-22-17/h1-8,18H,9-12H2/t18-/m1/s1. The van der Waals surface area contributed by atoms with Crippen LogP contribution in [-0.2, 0) is 11.2 Å². The summed E-state index contributed by atoms with van der Waals surface area (Å²) in [5, 5.41) is 0. The highest BCUT2D eigenvalue weighted by Crippen LogP contribution is 2.32. The van der Waals surface area contributed by atoms with Crippen molar-refractivity contribution in [1.29, 1.82) is 0 Å². The second-order valence-electron chi connectivity index (χ2n) is 6.36. The molecule has 4 rings (SSSR count). The number of fused-ring (bicyclic) bond motifs is 3. The van der Waals surface area contributed by atoms with Gasteiger partial charge in [-0.05, 0) is 41.8 Å². The Balaban J connectivity index is 1.55. The number of amides is 1. The largest absolute Gasteiger partial charge is 0.328 e. The highest BCUT2D eigenvalue weighted by atomic mass is 19.1. The van der Waals surface area contributed by atoms with Crippen LogP contribution in [0, 0.1) is 5.82 Å². The van der Waals surface area contributed by atoms with Crippen LogP contribution < -0.4 is 0 Å². The third kappa shape index (κ3) is 2.86. The zero-order chi connectivity index (χ0) is 17.4. The highest BCUT2D eigenvalue weighted by molar-refractivity contribution is 6.43. The number of aliphatic imine (C=N–C) groups is 1. The Bertz CT molecular complexity index is 874. The van der Waals surface area contributed by atoms with Gasteiger partial charge in [0.1, 0.15) is 11.5 Å². The van der Waals surface area contributed by atoms with Gasteiger partial charge in [0, 0.05) is 12.1 Å². The molecular weight excluding hydrogens is 319 g/mol. The molecule has 2 aliphatic rings. The minimum Gasteiger partial charge on any atom is -0.328 e. The van der Waals surface area contributed by atoms with E-state index in [2.05, 4.69) is 11.1 Å². The molecule has 0 spiro atoms. The summed E-state index contributed by atoms with van der Waals surface area (Å²) in [6.45, 7) is 1.12. The van der Waals surface area contributed by atoms with Crippen LogP contribution in [0.1, 0.15) is 33.9 Å². The molecule has 4 nitrogen and oxygen atoms in total. The van der Waals surface area contributed by atoms with Crippen molar-refractivity contribution in [2.45, 2.75) is 18.9 Å². The van der Waals surface area contributed by atoms with Crippen LogP contribution in [0.4, 0.5) is 4.39 Å². The maximum atomic E-state index is 13.0. The van der Waals surface area contributed by atoms with Crippen molar-refractivity contribution in [3.8, 4) is 0 Å². The molecule has 2 heterocycles. The van der Waals surface area contributed by atoms with Crippen molar-refractivity contribution in [2.24, 2.45) is 4.99 Å². The van der Waals surface area contributed by atoms with Gasteiger partial charge in [-0.3, -0.25) is 14.6 Å². The van der Waals surface area contributed by atoms with Crippen molar-refractivity contribution < 1.29 is 14.0 Å². The molecule has 126 valence electrons. The number of nitrogens with zero attached hydrogens (tertiary/aromatic N) is 2. The first-order valence-corrected chi connectivity index (χ1v) is 8.34. The van der Waals surface area contributed by atoms with E-state index in [0.29, 0.717) is 24.4 Å². The molecule has 2 aliphatic heterocycles. The number of hydrogen-bond donors (Lipinski definition) is 0. The van der Waals surface area contributed by atoms with Gasteiger partial charge in [-0.1, -0.05) is 24.3 Å². The minimum atomic E-state index is -0.391. The zero-order valence-electron chi connectivity index (χ0n) is 13.6. The summed E-state index contributed by atoms with van der Waals surface area (Å²) in [4.78, 5) is 31.4. The van der Waals surface area contributed by atoms with E-state index in [9.17, 15) is 14.0 Å². The van der Waals surface area contributed by atoms with Gasteiger partial charge in [0.05, 0.1) is 19.0 Å². The van der Waals surface area contributed by atoms with Crippen LogP contribution >= 0.6 is 0 Å². The van der Waals surface area contributed by atoms with Gasteiger partial charge in [0.15, 0.2) is 5.78 Å². The van der Waals surface area contributed by atoms with Crippen molar-refractivity contribution >= 4 is 17.4 Å². The van der Waals surface area contributed by atoms with Gasteiger partial charge in [0.2, 0.25) is 0 Å². The molecule has 0 saturated carbocycles. The lowest BCUT2D eigenvalue weighted by atomic mass is 9.90. The molecule has 0 saturated heterocycles. The fraction of sp³-hybridized carbons (Fsp3) is 0.250. The highest BCUT2D eigenvalue weighted by Gasteiger charge is 2.36. The lowest BCUT2D eigenvalue weighted by Crippen LogP contribution is -2.48. The second kappa shape index (κ2) is 6.24. The maximum Gasteiger partial charge on any atom is 0.268 e. The van der Waals surface area contributed by atoms with Crippen LogP contribution in [0.5, 0.6) is 0 Å². The van der Waals surface area contributed by atoms with Gasteiger partial charge in [-0.15, -0.1) is 0 Å². The van der Waals surface area contributed by atoms with E-state index < -0.39 is 5.82 Å². The monoisotopic (exact) mass is 336 g/mol. The molecule has 25 heavy (non-hydrogen) atoms. The third-order valence-electron chi connectivity index (χ3n) is 4.87. The summed E-state index contributed by atoms with van der Waals surface area (Å²) < 4.78 is 13.0. The number of carbonyl (C=O) groups excluding carboxylic acids is 2. The fourth-order valence-corrected chi connectivity index (χ4v) is 3.54. The number of benzene rings is 2. The Morgan fingerprint density at radius 2 is 1.92 bits per heavy atom. The maximum absolute atomic E-state index is 13.0. The molecule has 2 aromatic carbocycles. The lowest BCUT2D eigenvalue weighted by Gasteiger charge is -2.39. The summed E-state index contributed by atoms with van der Waals surface area (Å²) in [6.07, 6.45) is 0.771. The molecule has 0 aliphatic carbocycles. The van der Waals surface area contributed by atoms with Gasteiger partial charge in [-0.2, -0.15) is 0 Å². The second-order valence-corrected chi connectivity index (χ2v) is 6.36. The predicted molar refractivity (Wildman–Crippen MR) is 92.2 cm³/mol. The fourth-order valence-electron chi connectivity index (χ4n) is 3.54. The molecular formula is C20H17FN2O2. The quantitative estimate of drug-likeness (QED) is 0.809. The van der Waals surface area contributed by atoms with Crippen molar-refractivity contribution in [3.63, 3.8) is 0 Å². The first-order valence-electron chi connectivity index (χ1n) is 8.34. The molecule has 0 N–H and O–H groups in total. The Kier molecular flexibility index (Phi) is 3.92. The molecule has 5 heteroatoms. The average Bonchev–Trinajstić information content (AvgIpc) is 2.64. The molecule has 2 aromatic rings. The molecule has 0 fully saturated rings. The number of rotatable bonds is 3. The van der Waals surface area contributed by atoms with E-state index in [-0.39, 0.29) is 24.2 Å². The number of Topliss-reactive ketones (excluding diaryl/α,β-unsaturated/α-hetero) is 1. The third-order valence-corrected chi connectivity index (χ3v) is 4.87. The van der Waals surface area contributed by atoms with Gasteiger partial charge >= 0.3 is 0 Å². The average molecular weight is 336 g/mol. The van der Waals surface area contributed by atoms with Crippen LogP contribution in [0.25, 0.3) is 0 Å². The molecule has 0 radical (unpaired) electrons. The summed E-state index contributed by atoms with van der Waals surface area (Å²) >= 11 is 0. The van der Waals surface area contributed by atoms with E-state index in [1.54, 1.807) is 0 Å². The number of carbonyl (C=O) groups is 2. The minimum absolute atomic E-state index is 0.0397. The van der Waals surface area contributed by atoms with Crippen LogP contribution in [0.3, 0.4) is 0 Å². The van der Waals surface area contributed by atoms with Gasteiger partial charge < -0.3 is 4.90 Å². The number of hydrogen-bond acceptors (Lipinski definition) is 3. The topological polar surface area (TPSA) is 49.7 Å². The normalized spacial score (nSPS) is 19.1. The molecule has 0 bridgehead atoms. The van der Waals surface area contributed by atoms with E-state index in [1.165, 1.54) is 29.8 Å². The van der Waals surface area contributed by atoms with Gasteiger partial charge in [-0.25, -0.2) is 4.39 Å². The van der Waals surface area contributed by atoms with E-state index in [0.717, 1.165) is 12.0 Å². The summed E-state index contributed by atoms with van der Waals surface area (Å²) in [5.41, 5.74) is 3.10. The van der Waals surface area contributed by atoms with E-state index in [1.807, 2.05) is 23.1 Å². The zero-order valence-corrected chi connectivity index (χ0v) is 13.6.